The first-order valence-corrected chi connectivity index (χ1v) is 27.1. The van der Waals surface area contributed by atoms with Crippen molar-refractivity contribution in [2.24, 2.45) is 23.7 Å². The van der Waals surface area contributed by atoms with Crippen LogP contribution in [0.15, 0.2) is 72.8 Å². The number of hydrogen-bond acceptors (Lipinski definition) is 13. The maximum atomic E-state index is 15.5. The number of nitrogens with one attached hydrogen (secondary N) is 3. The number of anilines is 2. The summed E-state index contributed by atoms with van der Waals surface area (Å²) in [5, 5.41) is 10.3. The van der Waals surface area contributed by atoms with Gasteiger partial charge in [0.05, 0.1) is 10.0 Å². The Morgan fingerprint density at radius 1 is 0.688 bits per heavy atom. The third-order valence-electron chi connectivity index (χ3n) is 15.4. The Labute approximate surface area is 522 Å². The number of ketones is 2. The number of Topliss-reactive ketones (excluding diaryl/α,β-unsaturated/α-hetero) is 2. The number of hydrogen-bond donors (Lipinski definition) is 3. The zero-order chi connectivity index (χ0) is 56.4. The summed E-state index contributed by atoms with van der Waals surface area (Å²) >= 11 is 24.6. The summed E-state index contributed by atoms with van der Waals surface area (Å²) < 4.78 is 34.3. The Morgan fingerprint density at radius 2 is 1.19 bits per heavy atom. The molecule has 12 rings (SSSR count). The first kappa shape index (κ1) is 65.1. The van der Waals surface area contributed by atoms with Crippen molar-refractivity contribution >= 4 is 113 Å². The zero-order valence-electron chi connectivity index (χ0n) is 44.1. The molecule has 80 heavy (non-hydrogen) atoms. The van der Waals surface area contributed by atoms with Crippen LogP contribution < -0.4 is 69.5 Å². The molecule has 4 saturated carbocycles. The number of aldehydes is 1. The molecule has 3 radical (unpaired) electrons. The molecular weight excluding hydrogens is 1250 g/mol. The molecule has 419 valence electrons. The number of rotatable bonds is 5. The standard InChI is InChI=1S/C25H23Cl2FN2O2.C21H17Cl2FN2O2.C4H6O4.C4H6O.C2H3BO2.HI.Na/c26-14-9-10-16-18(11-14)29-24(32)25(16)22(15-3-1-4-17(27)23(15)28)21-19(5-2-6-20(21)31)30(25)12-13-7-8-13;22-10-7-8-12-15(9-10)25-20(28)21(12)18(11-3-1-4-13(23)19(11)24)17-14(26-21)5-2-6-16(17)27;1-3(5)7-8-4(2)6;5-3-4-1-2-4;1-2(4)5-3;;/h1,3-4,9-11,13,19,21-22H,2,5-8,12H2,(H,29,32);1,3-4,7-9,14,17-18,26H,2,5-6H2,(H,25,28);1-2H3;3-4H,1-2H2;1H3;1H;/q;;;;-1;;+1/p-1/t19-,21-,22-,25+;14-,17-,18-,21+;;;;;/m00...../s1. The van der Waals surface area contributed by atoms with Crippen LogP contribution in [0.4, 0.5) is 20.2 Å². The molecule has 4 heterocycles. The van der Waals surface area contributed by atoms with Gasteiger partial charge in [-0.25, -0.2) is 28.1 Å². The second kappa shape index (κ2) is 27.6. The molecule has 4 aromatic carbocycles. The smallest absolute Gasteiger partial charge is 1.00 e. The predicted molar refractivity (Wildman–Crippen MR) is 286 cm³/mol. The normalized spacial score (nSPS) is 26.1. The second-order valence-electron chi connectivity index (χ2n) is 20.5. The van der Waals surface area contributed by atoms with E-state index >= 15 is 8.78 Å². The molecule has 0 aromatic heterocycles. The van der Waals surface area contributed by atoms with Gasteiger partial charge < -0.3 is 52.1 Å². The molecule has 8 atom stereocenters. The summed E-state index contributed by atoms with van der Waals surface area (Å²) in [6.45, 7) is 4.24. The molecule has 3 N–H and O–H groups in total. The summed E-state index contributed by atoms with van der Waals surface area (Å²) in [5.74, 6) is -4.54. The van der Waals surface area contributed by atoms with Crippen LogP contribution in [0.25, 0.3) is 0 Å². The first-order chi connectivity index (χ1) is 37.2. The van der Waals surface area contributed by atoms with E-state index in [0.717, 1.165) is 83.6 Å². The van der Waals surface area contributed by atoms with Gasteiger partial charge in [-0.05, 0) is 105 Å². The average molecular weight is 1300 g/mol. The van der Waals surface area contributed by atoms with Gasteiger partial charge in [0.25, 0.3) is 0 Å². The minimum Gasteiger partial charge on any atom is -1.00 e. The van der Waals surface area contributed by atoms with E-state index in [1.165, 1.54) is 19.1 Å². The fourth-order valence-electron chi connectivity index (χ4n) is 12.0. The van der Waals surface area contributed by atoms with Gasteiger partial charge >= 0.3 is 41.5 Å². The minimum absolute atomic E-state index is 0. The van der Waals surface area contributed by atoms with Crippen LogP contribution in [0.1, 0.15) is 119 Å². The van der Waals surface area contributed by atoms with Gasteiger partial charge in [-0.3, -0.25) is 34.2 Å². The van der Waals surface area contributed by atoms with Crippen molar-refractivity contribution in [3.63, 3.8) is 0 Å². The average Bonchev–Trinajstić information content (AvgIpc) is 4.34. The third kappa shape index (κ3) is 13.3. The third-order valence-corrected chi connectivity index (χ3v) is 16.4. The molecule has 4 aromatic rings. The van der Waals surface area contributed by atoms with Crippen molar-refractivity contribution in [3.05, 3.63) is 127 Å². The van der Waals surface area contributed by atoms with Crippen LogP contribution in [0.2, 0.25) is 20.1 Å². The van der Waals surface area contributed by atoms with E-state index in [0.29, 0.717) is 62.8 Å². The number of carbonyl (C=O) groups is 8. The maximum Gasteiger partial charge on any atom is 1.00 e. The summed E-state index contributed by atoms with van der Waals surface area (Å²) in [4.78, 5) is 102. The number of nitrogens with zero attached hydrogens (tertiary/aromatic N) is 1. The van der Waals surface area contributed by atoms with E-state index in [1.807, 2.05) is 6.07 Å². The molecule has 4 aliphatic heterocycles. The van der Waals surface area contributed by atoms with Crippen LogP contribution in [0, 0.1) is 35.3 Å². The number of halogens is 7. The molecule has 24 heteroatoms. The Morgan fingerprint density at radius 3 is 1.69 bits per heavy atom. The Hall–Kier alpha value is -4.03. The maximum absolute atomic E-state index is 15.5. The Bertz CT molecular complexity index is 3060. The van der Waals surface area contributed by atoms with E-state index < -0.39 is 64.3 Å². The molecule has 0 unspecified atom stereocenters. The number of likely N-dealkylation sites (tertiary alicyclic amines) is 1. The number of carbonyl (C=O) groups excluding carboxylic acids is 8. The predicted octanol–water partition coefficient (Wildman–Crippen LogP) is 4.20. The monoisotopic (exact) mass is 1300 g/mol. The number of benzene rings is 4. The molecule has 2 saturated heterocycles. The first-order valence-electron chi connectivity index (χ1n) is 25.6. The van der Waals surface area contributed by atoms with Crippen molar-refractivity contribution in [2.45, 2.75) is 120 Å². The molecule has 6 fully saturated rings. The zero-order valence-corrected chi connectivity index (χ0v) is 51.2. The molecule has 4 aliphatic carbocycles. The molecule has 2 amide bonds. The molecule has 15 nitrogen and oxygen atoms in total. The molecule has 8 aliphatic rings. The Kier molecular flexibility index (Phi) is 22.5. The quantitative estimate of drug-likeness (QED) is 0.0845. The number of fused-ring (bicyclic) bond motifs is 6. The van der Waals surface area contributed by atoms with Crippen molar-refractivity contribution < 1.29 is 115 Å². The summed E-state index contributed by atoms with van der Waals surface area (Å²) in [7, 11) is 4.32. The van der Waals surface area contributed by atoms with Gasteiger partial charge in [-0.15, -0.1) is 0 Å². The molecule has 0 bridgehead atoms. The van der Waals surface area contributed by atoms with Crippen molar-refractivity contribution in [1.82, 2.24) is 10.2 Å². The van der Waals surface area contributed by atoms with Crippen LogP contribution in [-0.4, -0.2) is 79.2 Å². The van der Waals surface area contributed by atoms with Crippen molar-refractivity contribution in [3.8, 4) is 0 Å². The van der Waals surface area contributed by atoms with Gasteiger partial charge in [0, 0.05) is 114 Å². The van der Waals surface area contributed by atoms with Gasteiger partial charge in [0.15, 0.2) is 0 Å². The van der Waals surface area contributed by atoms with Gasteiger partial charge in [-0.1, -0.05) is 82.8 Å². The second-order valence-corrected chi connectivity index (χ2v) is 22.2. The van der Waals surface area contributed by atoms with Crippen LogP contribution in [0.5, 0.6) is 0 Å². The topological polar surface area (TPSA) is 204 Å². The Balaban J connectivity index is 0.000000195. The van der Waals surface area contributed by atoms with Crippen LogP contribution >= 0.6 is 46.4 Å². The van der Waals surface area contributed by atoms with Crippen molar-refractivity contribution in [2.75, 3.05) is 17.2 Å². The summed E-state index contributed by atoms with van der Waals surface area (Å²) in [5.41, 5.74) is 0.933. The van der Waals surface area contributed by atoms with Gasteiger partial charge in [0.1, 0.15) is 40.6 Å². The van der Waals surface area contributed by atoms with E-state index in [9.17, 15) is 38.4 Å². The van der Waals surface area contributed by atoms with Crippen LogP contribution in [0.3, 0.4) is 0 Å². The number of amides is 2. The van der Waals surface area contributed by atoms with E-state index in [-0.39, 0.29) is 99.0 Å². The van der Waals surface area contributed by atoms with Gasteiger partial charge in [-0.2, -0.15) is 0 Å². The van der Waals surface area contributed by atoms with Crippen LogP contribution in [-0.2, 0) is 63.9 Å². The molecule has 2 spiro atoms. The minimum atomic E-state index is -1.24. The van der Waals surface area contributed by atoms with E-state index in [1.54, 1.807) is 54.6 Å². The van der Waals surface area contributed by atoms with Gasteiger partial charge in [0.2, 0.25) is 17.8 Å². The summed E-state index contributed by atoms with van der Waals surface area (Å²) in [6.07, 6.45) is 9.56. The SMILES string of the molecule is CC(=O)OOC(C)=O.O=C1CCC[C@@H]2N[C@@]3(C(=O)Nc4cc(Cl)ccc43)[C@@H](c3cccc(Cl)c3F)[C@H]12.O=C1CCC[C@H]2[C@@H]1[C@H](c1cccc(Cl)c1F)[C@]1(C(=O)Nc3cc(Cl)ccc31)N2CC1CC1.O=CC1CC1.[B-]OC(C)=O.[I-].[Na+]. The fraction of sp³-hybridized carbons (Fsp3) is 0.429. The summed E-state index contributed by atoms with van der Waals surface area (Å²) in [6, 6.07) is 19.9. The largest absolute Gasteiger partial charge is 1.00 e. The molecular formula is C56H55BCl4F2IN4NaO11-. The fourth-order valence-corrected chi connectivity index (χ4v) is 12.7. The van der Waals surface area contributed by atoms with E-state index in [2.05, 4.69) is 43.3 Å². The van der Waals surface area contributed by atoms with Crippen molar-refractivity contribution in [1.29, 1.82) is 0 Å². The van der Waals surface area contributed by atoms with E-state index in [4.69, 9.17) is 46.4 Å².